The number of pyridine rings is 1. The molecule has 0 fully saturated rings. The Morgan fingerprint density at radius 3 is 2.55 bits per heavy atom. The maximum atomic E-state index is 12.8. The Morgan fingerprint density at radius 1 is 1.13 bits per heavy atom. The largest absolute Gasteiger partial charge is 0.481 e. The van der Waals surface area contributed by atoms with Gasteiger partial charge in [0.2, 0.25) is 0 Å². The fourth-order valence-corrected chi connectivity index (χ4v) is 3.85. The number of benzene rings is 1. The van der Waals surface area contributed by atoms with Crippen molar-refractivity contribution in [3.05, 3.63) is 70.8 Å². The summed E-state index contributed by atoms with van der Waals surface area (Å²) in [5, 5.41) is 21.4. The van der Waals surface area contributed by atoms with Gasteiger partial charge in [-0.05, 0) is 59.9 Å². The Morgan fingerprint density at radius 2 is 1.87 bits per heavy atom. The van der Waals surface area contributed by atoms with Gasteiger partial charge in [0.05, 0.1) is 5.57 Å². The van der Waals surface area contributed by atoms with Crippen molar-refractivity contribution in [2.75, 3.05) is 5.32 Å². The SMILES string of the molecule is Cc1c(C(=O)O)[nH]c(C=C2C(=O)Nc3cccc(-c4ccncc4)c32)c1CCC(=O)O. The van der Waals surface area contributed by atoms with Crippen molar-refractivity contribution < 1.29 is 24.6 Å². The van der Waals surface area contributed by atoms with E-state index in [2.05, 4.69) is 15.3 Å². The third kappa shape index (κ3) is 3.71. The molecule has 0 unspecified atom stereocenters. The van der Waals surface area contributed by atoms with Gasteiger partial charge in [-0.2, -0.15) is 0 Å². The second-order valence-corrected chi connectivity index (χ2v) is 7.19. The normalized spacial score (nSPS) is 13.8. The number of carbonyl (C=O) groups is 3. The predicted octanol–water partition coefficient (Wildman–Crippen LogP) is 3.59. The second kappa shape index (κ2) is 7.91. The van der Waals surface area contributed by atoms with Crippen LogP contribution in [0.3, 0.4) is 0 Å². The Hall–Kier alpha value is -4.20. The first-order valence-electron chi connectivity index (χ1n) is 9.60. The van der Waals surface area contributed by atoms with Gasteiger partial charge in [0.1, 0.15) is 5.69 Å². The van der Waals surface area contributed by atoms with E-state index in [1.165, 1.54) is 0 Å². The highest BCUT2D eigenvalue weighted by Gasteiger charge is 2.28. The highest BCUT2D eigenvalue weighted by atomic mass is 16.4. The number of hydrogen-bond donors (Lipinski definition) is 4. The van der Waals surface area contributed by atoms with Gasteiger partial charge in [0.25, 0.3) is 5.91 Å². The van der Waals surface area contributed by atoms with Gasteiger partial charge in [0, 0.05) is 35.8 Å². The Bertz CT molecular complexity index is 1240. The molecule has 4 N–H and O–H groups in total. The summed E-state index contributed by atoms with van der Waals surface area (Å²) in [5.74, 6) is -2.45. The summed E-state index contributed by atoms with van der Waals surface area (Å²) in [6.45, 7) is 1.63. The van der Waals surface area contributed by atoms with Gasteiger partial charge >= 0.3 is 11.9 Å². The zero-order valence-electron chi connectivity index (χ0n) is 16.6. The quantitative estimate of drug-likeness (QED) is 0.453. The van der Waals surface area contributed by atoms with Crippen LogP contribution in [0.25, 0.3) is 22.8 Å². The Balaban J connectivity index is 1.88. The minimum Gasteiger partial charge on any atom is -0.481 e. The molecule has 0 spiro atoms. The number of aliphatic carboxylic acids is 1. The monoisotopic (exact) mass is 417 g/mol. The number of carboxylic acids is 2. The van der Waals surface area contributed by atoms with Crippen molar-refractivity contribution in [1.82, 2.24) is 9.97 Å². The number of aromatic amines is 1. The molecule has 1 aliphatic rings. The molecule has 3 aromatic rings. The van der Waals surface area contributed by atoms with Crippen molar-refractivity contribution >= 4 is 35.2 Å². The molecule has 31 heavy (non-hydrogen) atoms. The van der Waals surface area contributed by atoms with Crippen molar-refractivity contribution in [3.8, 4) is 11.1 Å². The van der Waals surface area contributed by atoms with Crippen molar-refractivity contribution in [3.63, 3.8) is 0 Å². The second-order valence-electron chi connectivity index (χ2n) is 7.19. The third-order valence-corrected chi connectivity index (χ3v) is 5.32. The van der Waals surface area contributed by atoms with Crippen LogP contribution in [0, 0.1) is 6.92 Å². The van der Waals surface area contributed by atoms with E-state index in [0.717, 1.165) is 11.1 Å². The molecule has 8 nitrogen and oxygen atoms in total. The maximum Gasteiger partial charge on any atom is 0.352 e. The van der Waals surface area contributed by atoms with Crippen LogP contribution in [0.1, 0.15) is 39.3 Å². The first-order valence-corrected chi connectivity index (χ1v) is 9.60. The van der Waals surface area contributed by atoms with Crippen LogP contribution in [0.4, 0.5) is 5.69 Å². The summed E-state index contributed by atoms with van der Waals surface area (Å²) < 4.78 is 0. The molecule has 156 valence electrons. The van der Waals surface area contributed by atoms with Gasteiger partial charge in [-0.25, -0.2) is 4.79 Å². The summed E-state index contributed by atoms with van der Waals surface area (Å²) in [4.78, 5) is 42.4. The molecule has 0 radical (unpaired) electrons. The van der Waals surface area contributed by atoms with Crippen LogP contribution in [0.15, 0.2) is 42.7 Å². The number of H-pyrrole nitrogens is 1. The number of nitrogens with zero attached hydrogens (tertiary/aromatic N) is 1. The number of carbonyl (C=O) groups excluding carboxylic acids is 1. The van der Waals surface area contributed by atoms with Crippen LogP contribution in [-0.4, -0.2) is 38.0 Å². The van der Waals surface area contributed by atoms with E-state index in [-0.39, 0.29) is 24.4 Å². The lowest BCUT2D eigenvalue weighted by Gasteiger charge is -2.08. The minimum absolute atomic E-state index is 0.0201. The summed E-state index contributed by atoms with van der Waals surface area (Å²) in [7, 11) is 0. The number of fused-ring (bicyclic) bond motifs is 1. The summed E-state index contributed by atoms with van der Waals surface area (Å²) in [5.41, 5.74) is 4.86. The molecule has 0 bridgehead atoms. The highest BCUT2D eigenvalue weighted by molar-refractivity contribution is 6.36. The fraction of sp³-hybridized carbons (Fsp3) is 0.130. The van der Waals surface area contributed by atoms with Crippen LogP contribution in [0.5, 0.6) is 0 Å². The molecule has 2 aromatic heterocycles. The number of aromatic carboxylic acids is 1. The topological polar surface area (TPSA) is 132 Å². The average Bonchev–Trinajstić information content (AvgIpc) is 3.23. The first-order chi connectivity index (χ1) is 14.9. The fourth-order valence-electron chi connectivity index (χ4n) is 3.85. The van der Waals surface area contributed by atoms with Crippen LogP contribution in [0.2, 0.25) is 0 Å². The average molecular weight is 417 g/mol. The molecule has 0 saturated heterocycles. The molecular weight excluding hydrogens is 398 g/mol. The van der Waals surface area contributed by atoms with Crippen LogP contribution in [-0.2, 0) is 16.0 Å². The minimum atomic E-state index is -1.15. The number of hydrogen-bond acceptors (Lipinski definition) is 4. The van der Waals surface area contributed by atoms with Crippen molar-refractivity contribution in [2.45, 2.75) is 19.8 Å². The molecule has 0 atom stereocenters. The van der Waals surface area contributed by atoms with Gasteiger partial charge in [-0.15, -0.1) is 0 Å². The zero-order valence-corrected chi connectivity index (χ0v) is 16.6. The first kappa shape index (κ1) is 20.1. The van der Waals surface area contributed by atoms with Crippen molar-refractivity contribution in [1.29, 1.82) is 0 Å². The van der Waals surface area contributed by atoms with E-state index >= 15 is 0 Å². The molecule has 4 rings (SSSR count). The number of anilines is 1. The standard InChI is InChI=1S/C23H19N3O5/c1-12-14(5-6-19(27)28)18(25-21(12)23(30)31)11-16-20-15(13-7-9-24-10-8-13)3-2-4-17(20)26-22(16)29/h2-4,7-11,25H,5-6H2,1H3,(H,26,29)(H,27,28)(H,30,31). The third-order valence-electron chi connectivity index (χ3n) is 5.32. The lowest BCUT2D eigenvalue weighted by atomic mass is 9.94. The van der Waals surface area contributed by atoms with E-state index in [0.29, 0.717) is 33.6 Å². The zero-order chi connectivity index (χ0) is 22.1. The van der Waals surface area contributed by atoms with E-state index < -0.39 is 11.9 Å². The maximum absolute atomic E-state index is 12.8. The molecule has 1 aromatic carbocycles. The van der Waals surface area contributed by atoms with Gasteiger partial charge in [0.15, 0.2) is 0 Å². The van der Waals surface area contributed by atoms with E-state index in [1.807, 2.05) is 24.3 Å². The lowest BCUT2D eigenvalue weighted by molar-refractivity contribution is -0.137. The highest BCUT2D eigenvalue weighted by Crippen LogP contribution is 2.40. The molecule has 3 heterocycles. The predicted molar refractivity (Wildman–Crippen MR) is 115 cm³/mol. The van der Waals surface area contributed by atoms with Crippen molar-refractivity contribution in [2.24, 2.45) is 0 Å². The summed E-state index contributed by atoms with van der Waals surface area (Å²) in [6, 6.07) is 9.23. The molecule has 8 heteroatoms. The summed E-state index contributed by atoms with van der Waals surface area (Å²) >= 11 is 0. The Kier molecular flexibility index (Phi) is 5.12. The molecule has 0 aliphatic carbocycles. The van der Waals surface area contributed by atoms with Gasteiger partial charge in [-0.1, -0.05) is 12.1 Å². The molecule has 1 amide bonds. The van der Waals surface area contributed by atoms with Crippen LogP contribution >= 0.6 is 0 Å². The van der Waals surface area contributed by atoms with Gasteiger partial charge in [-0.3, -0.25) is 14.6 Å². The number of amides is 1. The number of nitrogens with one attached hydrogen (secondary N) is 2. The van der Waals surface area contributed by atoms with E-state index in [1.54, 1.807) is 31.5 Å². The van der Waals surface area contributed by atoms with Gasteiger partial charge < -0.3 is 20.5 Å². The summed E-state index contributed by atoms with van der Waals surface area (Å²) in [6.07, 6.45) is 4.92. The Labute approximate surface area is 177 Å². The molecular formula is C23H19N3O5. The number of carboxylic acid groups (broad SMARTS) is 2. The smallest absolute Gasteiger partial charge is 0.352 e. The van der Waals surface area contributed by atoms with E-state index in [4.69, 9.17) is 5.11 Å². The number of aromatic nitrogens is 2. The van der Waals surface area contributed by atoms with Crippen LogP contribution < -0.4 is 5.32 Å². The molecule has 0 saturated carbocycles. The molecule has 1 aliphatic heterocycles. The van der Waals surface area contributed by atoms with E-state index in [9.17, 15) is 19.5 Å². The number of rotatable bonds is 6. The lowest BCUT2D eigenvalue weighted by Crippen LogP contribution is -2.04.